The number of nitriles is 1. The molecule has 1 aromatic carbocycles. The number of nitrogens with one attached hydrogen (secondary N) is 2. The summed E-state index contributed by atoms with van der Waals surface area (Å²) in [5, 5.41) is 14.3. The van der Waals surface area contributed by atoms with Crippen LogP contribution in [0.2, 0.25) is 0 Å². The highest BCUT2D eigenvalue weighted by Gasteiger charge is 2.33. The van der Waals surface area contributed by atoms with Crippen molar-refractivity contribution in [3.63, 3.8) is 0 Å². The van der Waals surface area contributed by atoms with Crippen molar-refractivity contribution in [1.29, 1.82) is 5.26 Å². The summed E-state index contributed by atoms with van der Waals surface area (Å²) >= 11 is 0. The maximum absolute atomic E-state index is 12.0. The third-order valence-electron chi connectivity index (χ3n) is 3.55. The number of anilines is 1. The van der Waals surface area contributed by atoms with Gasteiger partial charge in [0.25, 0.3) is 11.8 Å². The summed E-state index contributed by atoms with van der Waals surface area (Å²) in [6, 6.07) is 9.51. The highest BCUT2D eigenvalue weighted by Crippen LogP contribution is 2.18. The van der Waals surface area contributed by atoms with Gasteiger partial charge < -0.3 is 15.5 Å². The van der Waals surface area contributed by atoms with Crippen molar-refractivity contribution >= 4 is 23.6 Å². The van der Waals surface area contributed by atoms with Crippen LogP contribution in [0.5, 0.6) is 0 Å². The number of nitrogens with zero attached hydrogens (tertiary/aromatic N) is 2. The molecule has 1 fully saturated rings. The van der Waals surface area contributed by atoms with Crippen LogP contribution in [-0.4, -0.2) is 30.6 Å². The first kappa shape index (κ1) is 16.6. The summed E-state index contributed by atoms with van der Waals surface area (Å²) in [6.45, 7) is 6.47. The molecule has 1 aliphatic rings. The van der Waals surface area contributed by atoms with Crippen molar-refractivity contribution in [1.82, 2.24) is 10.6 Å². The lowest BCUT2D eigenvalue weighted by Crippen LogP contribution is -2.62. The predicted molar refractivity (Wildman–Crippen MR) is 88.3 cm³/mol. The molecule has 2 rings (SSSR count). The Morgan fingerprint density at radius 3 is 2.22 bits per heavy atom. The first-order valence-corrected chi connectivity index (χ1v) is 7.45. The molecule has 23 heavy (non-hydrogen) atoms. The zero-order chi connectivity index (χ0) is 17.0. The second-order valence-corrected chi connectivity index (χ2v) is 5.86. The van der Waals surface area contributed by atoms with Crippen LogP contribution in [0, 0.1) is 11.3 Å². The van der Waals surface area contributed by atoms with Crippen molar-refractivity contribution in [3.8, 4) is 6.07 Å². The van der Waals surface area contributed by atoms with E-state index in [1.807, 2.05) is 36.1 Å². The first-order chi connectivity index (χ1) is 10.9. The molecule has 1 aromatic rings. The summed E-state index contributed by atoms with van der Waals surface area (Å²) in [5.74, 6) is -0.773. The van der Waals surface area contributed by atoms with Crippen molar-refractivity contribution in [2.45, 2.75) is 26.4 Å². The van der Waals surface area contributed by atoms with E-state index < -0.39 is 5.66 Å². The number of amides is 2. The zero-order valence-corrected chi connectivity index (χ0v) is 13.5. The van der Waals surface area contributed by atoms with E-state index in [2.05, 4.69) is 16.7 Å². The van der Waals surface area contributed by atoms with Crippen molar-refractivity contribution in [2.75, 3.05) is 18.0 Å². The molecule has 0 radical (unpaired) electrons. The Labute approximate surface area is 135 Å². The smallest absolute Gasteiger partial charge is 0.258 e. The van der Waals surface area contributed by atoms with Crippen molar-refractivity contribution in [2.24, 2.45) is 0 Å². The minimum absolute atomic E-state index is 0.0847. The monoisotopic (exact) mass is 312 g/mol. The highest BCUT2D eigenvalue weighted by molar-refractivity contribution is 6.23. The molecule has 0 saturated carbocycles. The molecule has 0 aromatic heterocycles. The molecule has 6 nitrogen and oxygen atoms in total. The highest BCUT2D eigenvalue weighted by atomic mass is 16.2. The third kappa shape index (κ3) is 3.89. The Balaban J connectivity index is 2.22. The molecule has 1 saturated heterocycles. The fraction of sp³-hybridized carbons (Fsp3) is 0.353. The quantitative estimate of drug-likeness (QED) is 0.500. The summed E-state index contributed by atoms with van der Waals surface area (Å²) in [5.41, 5.74) is 1.02. The molecule has 1 aliphatic heterocycles. The minimum Gasteiger partial charge on any atom is -0.358 e. The fourth-order valence-electron chi connectivity index (χ4n) is 2.39. The Morgan fingerprint density at radius 1 is 1.17 bits per heavy atom. The largest absolute Gasteiger partial charge is 0.358 e. The van der Waals surface area contributed by atoms with Crippen LogP contribution in [0.25, 0.3) is 6.08 Å². The van der Waals surface area contributed by atoms with Crippen LogP contribution in [0.3, 0.4) is 0 Å². The van der Waals surface area contributed by atoms with Gasteiger partial charge in [0.15, 0.2) is 0 Å². The molecule has 120 valence electrons. The molecule has 0 unspecified atom stereocenters. The third-order valence-corrected chi connectivity index (χ3v) is 3.55. The summed E-state index contributed by atoms with van der Waals surface area (Å²) in [6.07, 6.45) is 1.56. The van der Waals surface area contributed by atoms with E-state index in [-0.39, 0.29) is 17.4 Å². The predicted octanol–water partition coefficient (Wildman–Crippen LogP) is 1.40. The summed E-state index contributed by atoms with van der Waals surface area (Å²) < 4.78 is 0. The van der Waals surface area contributed by atoms with E-state index in [9.17, 15) is 9.59 Å². The molecular formula is C17H20N4O2. The van der Waals surface area contributed by atoms with Gasteiger partial charge in [-0.05, 0) is 44.5 Å². The molecule has 0 aliphatic carbocycles. The topological polar surface area (TPSA) is 85.2 Å². The minimum atomic E-state index is -0.742. The van der Waals surface area contributed by atoms with Gasteiger partial charge in [-0.25, -0.2) is 0 Å². The van der Waals surface area contributed by atoms with Gasteiger partial charge in [0.1, 0.15) is 17.8 Å². The van der Waals surface area contributed by atoms with Gasteiger partial charge in [-0.1, -0.05) is 12.1 Å². The molecule has 0 bridgehead atoms. The normalized spacial score (nSPS) is 16.2. The average molecular weight is 312 g/mol. The Morgan fingerprint density at radius 2 is 1.74 bits per heavy atom. The Kier molecular flexibility index (Phi) is 4.70. The van der Waals surface area contributed by atoms with Crippen LogP contribution < -0.4 is 15.5 Å². The number of hydrogen-bond acceptors (Lipinski definition) is 4. The van der Waals surface area contributed by atoms with Gasteiger partial charge in [0.2, 0.25) is 0 Å². The van der Waals surface area contributed by atoms with Crippen LogP contribution in [0.4, 0.5) is 5.69 Å². The van der Waals surface area contributed by atoms with E-state index in [0.29, 0.717) is 6.54 Å². The van der Waals surface area contributed by atoms with Gasteiger partial charge in [0, 0.05) is 12.2 Å². The van der Waals surface area contributed by atoms with Crippen LogP contribution in [0.1, 0.15) is 26.3 Å². The van der Waals surface area contributed by atoms with Crippen LogP contribution in [0.15, 0.2) is 29.8 Å². The number of hydrogen-bond donors (Lipinski definition) is 2. The number of rotatable bonds is 4. The molecule has 6 heteroatoms. The molecule has 2 N–H and O–H groups in total. The van der Waals surface area contributed by atoms with Gasteiger partial charge in [0.05, 0.1) is 6.07 Å². The van der Waals surface area contributed by atoms with Gasteiger partial charge >= 0.3 is 0 Å². The lowest BCUT2D eigenvalue weighted by molar-refractivity contribution is -0.129. The SMILES string of the molecule is CCN(CC#N)c1ccc(C=C2C(=O)NC(C)(C)NC2=O)cc1. The summed E-state index contributed by atoms with van der Waals surface area (Å²) in [4.78, 5) is 26.0. The van der Waals surface area contributed by atoms with Crippen LogP contribution in [-0.2, 0) is 9.59 Å². The van der Waals surface area contributed by atoms with Gasteiger partial charge in [-0.3, -0.25) is 9.59 Å². The number of carbonyl (C=O) groups is 2. The number of carbonyl (C=O) groups excluding carboxylic acids is 2. The standard InChI is InChI=1S/C17H20N4O2/c1-4-21(10-9-18)13-7-5-12(6-8-13)11-14-15(22)19-17(2,3)20-16(14)23/h5-8,11H,4,10H2,1-3H3,(H,19,22)(H,20,23). The fourth-order valence-corrected chi connectivity index (χ4v) is 2.39. The molecule has 1 heterocycles. The second kappa shape index (κ2) is 6.53. The van der Waals surface area contributed by atoms with E-state index >= 15 is 0 Å². The maximum atomic E-state index is 12.0. The molecule has 0 spiro atoms. The molecular weight excluding hydrogens is 292 g/mol. The van der Waals surface area contributed by atoms with E-state index in [1.165, 1.54) is 0 Å². The lowest BCUT2D eigenvalue weighted by Gasteiger charge is -2.32. The van der Waals surface area contributed by atoms with Gasteiger partial charge in [-0.15, -0.1) is 0 Å². The maximum Gasteiger partial charge on any atom is 0.258 e. The number of benzene rings is 1. The lowest BCUT2D eigenvalue weighted by atomic mass is 10.0. The second-order valence-electron chi connectivity index (χ2n) is 5.86. The van der Waals surface area contributed by atoms with Crippen LogP contribution >= 0.6 is 0 Å². The van der Waals surface area contributed by atoms with Crippen molar-refractivity contribution < 1.29 is 9.59 Å². The Hall–Kier alpha value is -2.81. The Bertz CT molecular complexity index is 662. The van der Waals surface area contributed by atoms with E-state index in [4.69, 9.17) is 5.26 Å². The molecule has 2 amide bonds. The zero-order valence-electron chi connectivity index (χ0n) is 13.5. The first-order valence-electron chi connectivity index (χ1n) is 7.45. The van der Waals surface area contributed by atoms with E-state index in [0.717, 1.165) is 17.8 Å². The van der Waals surface area contributed by atoms with Crippen molar-refractivity contribution in [3.05, 3.63) is 35.4 Å². The molecule has 0 atom stereocenters. The summed E-state index contributed by atoms with van der Waals surface area (Å²) in [7, 11) is 0. The van der Waals surface area contributed by atoms with Gasteiger partial charge in [-0.2, -0.15) is 5.26 Å². The van der Waals surface area contributed by atoms with E-state index in [1.54, 1.807) is 19.9 Å². The average Bonchev–Trinajstić information content (AvgIpc) is 2.48.